The van der Waals surface area contributed by atoms with Gasteiger partial charge in [0.15, 0.2) is 11.5 Å². The number of pyridine rings is 1. The molecular formula is C25H28N8O2. The molecule has 1 aliphatic rings. The maximum atomic E-state index is 13.1. The van der Waals surface area contributed by atoms with E-state index in [1.807, 2.05) is 18.2 Å². The number of methoxy groups -OCH3 is 1. The Labute approximate surface area is 203 Å². The largest absolute Gasteiger partial charge is 0.481 e. The SMILES string of the molecule is C=CCn1c(=O)c2cnc(Nc3ccc(N4CCN(C)CC4)cc3)nc2n1-c1cccc(OC)n1. The molecule has 1 aliphatic heterocycles. The third kappa shape index (κ3) is 4.47. The lowest BCUT2D eigenvalue weighted by molar-refractivity contribution is 0.313. The Morgan fingerprint density at radius 2 is 1.86 bits per heavy atom. The number of fused-ring (bicyclic) bond motifs is 1. The molecule has 0 aliphatic carbocycles. The zero-order chi connectivity index (χ0) is 24.4. The van der Waals surface area contributed by atoms with Crippen molar-refractivity contribution in [3.8, 4) is 11.7 Å². The van der Waals surface area contributed by atoms with Crippen molar-refractivity contribution >= 4 is 28.4 Å². The Morgan fingerprint density at radius 1 is 1.09 bits per heavy atom. The number of piperazine rings is 1. The van der Waals surface area contributed by atoms with Gasteiger partial charge in [0.1, 0.15) is 5.39 Å². The van der Waals surface area contributed by atoms with Crippen LogP contribution in [-0.2, 0) is 6.54 Å². The predicted octanol–water partition coefficient (Wildman–Crippen LogP) is 2.67. The van der Waals surface area contributed by atoms with Crippen LogP contribution in [0.2, 0.25) is 0 Å². The van der Waals surface area contributed by atoms with Crippen LogP contribution >= 0.6 is 0 Å². The monoisotopic (exact) mass is 472 g/mol. The minimum absolute atomic E-state index is 0.215. The van der Waals surface area contributed by atoms with Crippen molar-refractivity contribution in [1.29, 1.82) is 0 Å². The molecule has 1 fully saturated rings. The molecule has 4 aromatic rings. The second-order valence-electron chi connectivity index (χ2n) is 8.42. The molecule has 4 heterocycles. The van der Waals surface area contributed by atoms with E-state index < -0.39 is 0 Å². The van der Waals surface area contributed by atoms with Gasteiger partial charge >= 0.3 is 0 Å². The van der Waals surface area contributed by atoms with Gasteiger partial charge in [-0.3, -0.25) is 4.79 Å². The van der Waals surface area contributed by atoms with Gasteiger partial charge in [0.2, 0.25) is 11.8 Å². The summed E-state index contributed by atoms with van der Waals surface area (Å²) in [5, 5.41) is 3.65. The molecule has 1 aromatic carbocycles. The van der Waals surface area contributed by atoms with Gasteiger partial charge in [0, 0.05) is 49.8 Å². The lowest BCUT2D eigenvalue weighted by Gasteiger charge is -2.34. The van der Waals surface area contributed by atoms with Crippen LogP contribution in [-0.4, -0.2) is 69.6 Å². The average molecular weight is 473 g/mol. The van der Waals surface area contributed by atoms with E-state index in [0.29, 0.717) is 35.2 Å². The summed E-state index contributed by atoms with van der Waals surface area (Å²) in [7, 11) is 3.70. The number of hydrogen-bond acceptors (Lipinski definition) is 8. The first-order valence-corrected chi connectivity index (χ1v) is 11.5. The lowest BCUT2D eigenvalue weighted by atomic mass is 10.2. The van der Waals surface area contributed by atoms with Crippen LogP contribution < -0.4 is 20.5 Å². The summed E-state index contributed by atoms with van der Waals surface area (Å²) in [5.41, 5.74) is 2.29. The molecule has 5 rings (SSSR count). The van der Waals surface area contributed by atoms with Gasteiger partial charge in [-0.25, -0.2) is 14.3 Å². The standard InChI is InChI=1S/C25H28N8O2/c1-4-12-32-24(34)20-17-26-25(29-23(20)33(32)21-6-5-7-22(28-21)35-3)27-18-8-10-19(11-9-18)31-15-13-30(2)14-16-31/h4-11,17H,1,12-16H2,2-3H3,(H,26,27,29). The van der Waals surface area contributed by atoms with Crippen LogP contribution in [0, 0.1) is 0 Å². The van der Waals surface area contributed by atoms with Gasteiger partial charge in [-0.2, -0.15) is 9.97 Å². The molecule has 180 valence electrons. The summed E-state index contributed by atoms with van der Waals surface area (Å²) in [6, 6.07) is 13.6. The molecule has 10 heteroatoms. The summed E-state index contributed by atoms with van der Waals surface area (Å²) in [4.78, 5) is 31.4. The second-order valence-corrected chi connectivity index (χ2v) is 8.42. The van der Waals surface area contributed by atoms with Crippen LogP contribution in [0.25, 0.3) is 16.9 Å². The first kappa shape index (κ1) is 22.6. The number of anilines is 3. The number of benzene rings is 1. The van der Waals surface area contributed by atoms with Gasteiger partial charge in [-0.05, 0) is 37.4 Å². The summed E-state index contributed by atoms with van der Waals surface area (Å²) in [5.74, 6) is 1.34. The fourth-order valence-electron chi connectivity index (χ4n) is 4.19. The summed E-state index contributed by atoms with van der Waals surface area (Å²) in [6.07, 6.45) is 3.20. The van der Waals surface area contributed by atoms with E-state index in [1.54, 1.807) is 36.2 Å². The van der Waals surface area contributed by atoms with Crippen molar-refractivity contribution in [3.05, 3.63) is 71.7 Å². The van der Waals surface area contributed by atoms with E-state index in [0.717, 1.165) is 31.9 Å². The van der Waals surface area contributed by atoms with Crippen LogP contribution in [0.4, 0.5) is 17.3 Å². The number of allylic oxidation sites excluding steroid dienone is 1. The summed E-state index contributed by atoms with van der Waals surface area (Å²) in [6.45, 7) is 8.22. The van der Waals surface area contributed by atoms with Crippen molar-refractivity contribution in [2.24, 2.45) is 0 Å². The van der Waals surface area contributed by atoms with Gasteiger partial charge < -0.3 is 19.9 Å². The molecule has 3 aromatic heterocycles. The Morgan fingerprint density at radius 3 is 2.57 bits per heavy atom. The molecule has 0 amide bonds. The summed E-state index contributed by atoms with van der Waals surface area (Å²) >= 11 is 0. The molecule has 0 unspecified atom stereocenters. The number of hydrogen-bond donors (Lipinski definition) is 1. The molecule has 1 saturated heterocycles. The van der Waals surface area contributed by atoms with Crippen LogP contribution in [0.15, 0.2) is 66.1 Å². The number of likely N-dealkylation sites (N-methyl/N-ethyl adjacent to an activating group) is 1. The normalized spacial score (nSPS) is 14.3. The maximum absolute atomic E-state index is 13.1. The number of nitrogens with one attached hydrogen (secondary N) is 1. The summed E-state index contributed by atoms with van der Waals surface area (Å²) < 4.78 is 8.48. The van der Waals surface area contributed by atoms with E-state index in [-0.39, 0.29) is 5.56 Å². The highest BCUT2D eigenvalue weighted by atomic mass is 16.5. The van der Waals surface area contributed by atoms with Crippen molar-refractivity contribution < 1.29 is 4.74 Å². The molecular weight excluding hydrogens is 444 g/mol. The van der Waals surface area contributed by atoms with Crippen molar-refractivity contribution in [3.63, 3.8) is 0 Å². The van der Waals surface area contributed by atoms with Crippen molar-refractivity contribution in [2.75, 3.05) is 50.6 Å². The quantitative estimate of drug-likeness (QED) is 0.411. The highest BCUT2D eigenvalue weighted by Crippen LogP contribution is 2.22. The smallest absolute Gasteiger partial charge is 0.278 e. The van der Waals surface area contributed by atoms with Crippen molar-refractivity contribution in [2.45, 2.75) is 6.54 Å². The zero-order valence-electron chi connectivity index (χ0n) is 19.9. The first-order valence-electron chi connectivity index (χ1n) is 11.5. The third-order valence-electron chi connectivity index (χ3n) is 6.10. The van der Waals surface area contributed by atoms with E-state index in [2.05, 4.69) is 55.8 Å². The van der Waals surface area contributed by atoms with Gasteiger partial charge in [-0.15, -0.1) is 6.58 Å². The van der Waals surface area contributed by atoms with Gasteiger partial charge in [-0.1, -0.05) is 12.1 Å². The minimum atomic E-state index is -0.215. The van der Waals surface area contributed by atoms with Gasteiger partial charge in [0.25, 0.3) is 5.56 Å². The highest BCUT2D eigenvalue weighted by Gasteiger charge is 2.18. The molecule has 1 N–H and O–H groups in total. The van der Waals surface area contributed by atoms with Crippen LogP contribution in [0.5, 0.6) is 5.88 Å². The number of rotatable bonds is 7. The lowest BCUT2D eigenvalue weighted by Crippen LogP contribution is -2.44. The van der Waals surface area contributed by atoms with Crippen LogP contribution in [0.1, 0.15) is 0 Å². The first-order chi connectivity index (χ1) is 17.1. The van der Waals surface area contributed by atoms with Gasteiger partial charge in [0.05, 0.1) is 13.7 Å². The number of nitrogens with zero attached hydrogens (tertiary/aromatic N) is 7. The molecule has 0 atom stereocenters. The van der Waals surface area contributed by atoms with E-state index >= 15 is 0 Å². The number of aromatic nitrogens is 5. The average Bonchev–Trinajstić information content (AvgIpc) is 3.16. The molecule has 35 heavy (non-hydrogen) atoms. The van der Waals surface area contributed by atoms with E-state index in [9.17, 15) is 4.79 Å². The Bertz CT molecular complexity index is 1400. The third-order valence-corrected chi connectivity index (χ3v) is 6.10. The minimum Gasteiger partial charge on any atom is -0.481 e. The van der Waals surface area contributed by atoms with E-state index in [1.165, 1.54) is 10.4 Å². The topological polar surface area (TPSA) is 93.3 Å². The fraction of sp³-hybridized carbons (Fsp3) is 0.280. The molecule has 10 nitrogen and oxygen atoms in total. The maximum Gasteiger partial charge on any atom is 0.278 e. The fourth-order valence-corrected chi connectivity index (χ4v) is 4.19. The Balaban J connectivity index is 1.48. The molecule has 0 saturated carbocycles. The number of ether oxygens (including phenoxy) is 1. The molecule has 0 radical (unpaired) electrons. The predicted molar refractivity (Wildman–Crippen MR) is 137 cm³/mol. The Hall–Kier alpha value is -4.18. The molecule has 0 spiro atoms. The zero-order valence-corrected chi connectivity index (χ0v) is 19.9. The van der Waals surface area contributed by atoms with Crippen LogP contribution in [0.3, 0.4) is 0 Å². The second kappa shape index (κ2) is 9.59. The van der Waals surface area contributed by atoms with Crippen molar-refractivity contribution in [1.82, 2.24) is 29.2 Å². The Kier molecular flexibility index (Phi) is 6.19. The van der Waals surface area contributed by atoms with E-state index in [4.69, 9.17) is 4.74 Å². The highest BCUT2D eigenvalue weighted by molar-refractivity contribution is 5.77. The molecule has 0 bridgehead atoms.